The summed E-state index contributed by atoms with van der Waals surface area (Å²) < 4.78 is 5.35. The van der Waals surface area contributed by atoms with Crippen molar-refractivity contribution in [3.05, 3.63) is 29.8 Å². The number of alkyl carbamates (subject to hydrolysis) is 1. The van der Waals surface area contributed by atoms with Crippen molar-refractivity contribution >= 4 is 23.6 Å². The van der Waals surface area contributed by atoms with Crippen LogP contribution in [-0.4, -0.2) is 35.0 Å². The molecule has 1 aliphatic heterocycles. The van der Waals surface area contributed by atoms with Crippen molar-refractivity contribution in [2.45, 2.75) is 58.1 Å². The van der Waals surface area contributed by atoms with Gasteiger partial charge in [0.05, 0.1) is 12.0 Å². The Morgan fingerprint density at radius 1 is 1.41 bits per heavy atom. The normalized spacial score (nSPS) is 23.0. The maximum Gasteiger partial charge on any atom is 0.414 e. The Kier molecular flexibility index (Phi) is 4.88. The van der Waals surface area contributed by atoms with Crippen LogP contribution >= 0.6 is 0 Å². The number of aliphatic imine (C=N–C) groups is 1. The van der Waals surface area contributed by atoms with Crippen LogP contribution in [0.5, 0.6) is 0 Å². The summed E-state index contributed by atoms with van der Waals surface area (Å²) in [5, 5.41) is 2.69. The first kappa shape index (κ1) is 19.2. The Balaban J connectivity index is 1.92. The molecular weight excluding hydrogens is 344 g/mol. The zero-order chi connectivity index (χ0) is 19.8. The fourth-order valence-corrected chi connectivity index (χ4v) is 3.12. The Hall–Kier alpha value is -2.57. The molecule has 7 heteroatoms. The van der Waals surface area contributed by atoms with Crippen molar-refractivity contribution in [2.75, 3.05) is 12.3 Å². The predicted octanol–water partition coefficient (Wildman–Crippen LogP) is 3.01. The van der Waals surface area contributed by atoms with Gasteiger partial charge >= 0.3 is 6.09 Å². The first-order valence-electron chi connectivity index (χ1n) is 9.32. The second-order valence-corrected chi connectivity index (χ2v) is 8.59. The second kappa shape index (κ2) is 6.87. The van der Waals surface area contributed by atoms with E-state index in [1.54, 1.807) is 31.7 Å². The minimum Gasteiger partial charge on any atom is -0.444 e. The number of rotatable bonds is 3. The number of ether oxygens (including phenoxy) is 1. The monoisotopic (exact) mass is 372 g/mol. The van der Waals surface area contributed by atoms with Crippen molar-refractivity contribution in [1.82, 2.24) is 10.2 Å². The molecule has 27 heavy (non-hydrogen) atoms. The fourth-order valence-electron chi connectivity index (χ4n) is 3.12. The summed E-state index contributed by atoms with van der Waals surface area (Å²) in [7, 11) is 0. The number of hydrogen-bond donors (Lipinski definition) is 2. The highest BCUT2D eigenvalue weighted by Gasteiger charge is 2.41. The van der Waals surface area contributed by atoms with Gasteiger partial charge in [0.25, 0.3) is 0 Å². The Morgan fingerprint density at radius 2 is 2.11 bits per heavy atom. The first-order valence-corrected chi connectivity index (χ1v) is 9.32. The molecule has 2 amide bonds. The molecule has 0 radical (unpaired) electrons. The van der Waals surface area contributed by atoms with E-state index in [2.05, 4.69) is 5.32 Å². The molecule has 1 aromatic carbocycles. The van der Waals surface area contributed by atoms with Gasteiger partial charge in [-0.2, -0.15) is 0 Å². The van der Waals surface area contributed by atoms with Gasteiger partial charge in [-0.3, -0.25) is 15.0 Å². The van der Waals surface area contributed by atoms with Gasteiger partial charge in [0.1, 0.15) is 5.60 Å². The van der Waals surface area contributed by atoms with Gasteiger partial charge in [-0.25, -0.2) is 9.79 Å². The number of carbonyl (C=O) groups excluding carboxylic acids is 2. The number of amides is 2. The van der Waals surface area contributed by atoms with Gasteiger partial charge in [0, 0.05) is 12.2 Å². The number of guanidine groups is 1. The van der Waals surface area contributed by atoms with E-state index in [0.717, 1.165) is 18.4 Å². The number of nitrogen functional groups attached to an aromatic ring is 1. The van der Waals surface area contributed by atoms with Crippen molar-refractivity contribution in [3.8, 4) is 0 Å². The minimum atomic E-state index is -0.795. The van der Waals surface area contributed by atoms with Crippen LogP contribution in [0.3, 0.4) is 0 Å². The van der Waals surface area contributed by atoms with E-state index in [-0.39, 0.29) is 18.3 Å². The van der Waals surface area contributed by atoms with Crippen molar-refractivity contribution in [2.24, 2.45) is 10.9 Å². The number of nitrogens with two attached hydrogens (primary N) is 1. The lowest BCUT2D eigenvalue weighted by atomic mass is 9.87. The zero-order valence-electron chi connectivity index (χ0n) is 16.4. The number of hydrogen-bond acceptors (Lipinski definition) is 5. The highest BCUT2D eigenvalue weighted by molar-refractivity contribution is 6.05. The van der Waals surface area contributed by atoms with Crippen LogP contribution in [0, 0.1) is 5.92 Å². The fraction of sp³-hybridized carbons (Fsp3) is 0.550. The van der Waals surface area contributed by atoms with Crippen molar-refractivity contribution < 1.29 is 14.3 Å². The Labute approximate surface area is 160 Å². The molecule has 1 fully saturated rings. The number of carbonyl (C=O) groups is 2. The third-order valence-corrected chi connectivity index (χ3v) is 4.66. The Bertz CT molecular complexity index is 780. The summed E-state index contributed by atoms with van der Waals surface area (Å²) >= 11 is 0. The SMILES string of the molecule is CC(C)(C)OC(=O)NC1=NC(C)(c2cccc(N)c2)CC(=O)N1CC1CC1. The third-order valence-electron chi connectivity index (χ3n) is 4.66. The zero-order valence-corrected chi connectivity index (χ0v) is 16.4. The lowest BCUT2D eigenvalue weighted by molar-refractivity contribution is -0.129. The largest absolute Gasteiger partial charge is 0.444 e. The summed E-state index contributed by atoms with van der Waals surface area (Å²) in [6, 6.07) is 7.35. The molecule has 7 nitrogen and oxygen atoms in total. The molecule has 2 aliphatic rings. The third kappa shape index (κ3) is 4.78. The molecule has 0 bridgehead atoms. The number of anilines is 1. The van der Waals surface area contributed by atoms with E-state index in [9.17, 15) is 9.59 Å². The highest BCUT2D eigenvalue weighted by Crippen LogP contribution is 2.36. The number of nitrogens with zero attached hydrogens (tertiary/aromatic N) is 2. The van der Waals surface area contributed by atoms with E-state index in [1.165, 1.54) is 0 Å². The van der Waals surface area contributed by atoms with E-state index in [4.69, 9.17) is 15.5 Å². The average molecular weight is 372 g/mol. The summed E-state index contributed by atoms with van der Waals surface area (Å²) in [6.07, 6.45) is 1.79. The molecule has 1 atom stereocenters. The average Bonchev–Trinajstić information content (AvgIpc) is 3.33. The Morgan fingerprint density at radius 3 is 2.70 bits per heavy atom. The molecule has 1 unspecified atom stereocenters. The first-order chi connectivity index (χ1) is 12.6. The summed E-state index contributed by atoms with van der Waals surface area (Å²) in [4.78, 5) is 31.6. The molecule has 0 aromatic heterocycles. The smallest absolute Gasteiger partial charge is 0.414 e. The minimum absolute atomic E-state index is 0.0621. The van der Waals surface area contributed by atoms with Gasteiger partial charge in [0.15, 0.2) is 0 Å². The van der Waals surface area contributed by atoms with Crippen LogP contribution in [0.25, 0.3) is 0 Å². The summed E-state index contributed by atoms with van der Waals surface area (Å²) in [5.74, 6) is 0.654. The van der Waals surface area contributed by atoms with Crippen molar-refractivity contribution in [1.29, 1.82) is 0 Å². The quantitative estimate of drug-likeness (QED) is 0.797. The standard InChI is InChI=1S/C20H28N4O3/c1-19(2,3)27-18(26)22-17-23-20(4,14-6-5-7-15(21)10-14)11-16(25)24(17)12-13-8-9-13/h5-7,10,13H,8-9,11-12,21H2,1-4H3,(H,22,23,26). The molecule has 3 rings (SSSR count). The van der Waals surface area contributed by atoms with Gasteiger partial charge in [-0.05, 0) is 64.2 Å². The van der Waals surface area contributed by atoms with Gasteiger partial charge < -0.3 is 10.5 Å². The number of nitrogens with one attached hydrogen (secondary N) is 1. The van der Waals surface area contributed by atoms with Crippen LogP contribution in [0.2, 0.25) is 0 Å². The lowest BCUT2D eigenvalue weighted by Crippen LogP contribution is -2.54. The molecule has 1 aromatic rings. The second-order valence-electron chi connectivity index (χ2n) is 8.59. The molecule has 0 spiro atoms. The van der Waals surface area contributed by atoms with Crippen molar-refractivity contribution in [3.63, 3.8) is 0 Å². The summed E-state index contributed by atoms with van der Waals surface area (Å²) in [6.45, 7) is 7.82. The van der Waals surface area contributed by atoms with E-state index in [0.29, 0.717) is 18.2 Å². The van der Waals surface area contributed by atoms with Gasteiger partial charge in [-0.15, -0.1) is 0 Å². The van der Waals surface area contributed by atoms with Crippen LogP contribution in [0.1, 0.15) is 52.5 Å². The van der Waals surface area contributed by atoms with E-state index >= 15 is 0 Å². The summed E-state index contributed by atoms with van der Waals surface area (Å²) in [5.41, 5.74) is 5.93. The lowest BCUT2D eigenvalue weighted by Gasteiger charge is -2.37. The van der Waals surface area contributed by atoms with Crippen LogP contribution in [-0.2, 0) is 15.1 Å². The maximum absolute atomic E-state index is 12.9. The van der Waals surface area contributed by atoms with E-state index < -0.39 is 17.2 Å². The highest BCUT2D eigenvalue weighted by atomic mass is 16.6. The topological polar surface area (TPSA) is 97.0 Å². The van der Waals surface area contributed by atoms with E-state index in [1.807, 2.05) is 25.1 Å². The van der Waals surface area contributed by atoms with Gasteiger partial charge in [-0.1, -0.05) is 12.1 Å². The molecule has 3 N–H and O–H groups in total. The van der Waals surface area contributed by atoms with Crippen LogP contribution in [0.4, 0.5) is 10.5 Å². The van der Waals surface area contributed by atoms with Crippen LogP contribution in [0.15, 0.2) is 29.3 Å². The van der Waals surface area contributed by atoms with Crippen LogP contribution < -0.4 is 11.1 Å². The predicted molar refractivity (Wildman–Crippen MR) is 104 cm³/mol. The molecular formula is C20H28N4O3. The number of benzene rings is 1. The maximum atomic E-state index is 12.9. The molecule has 1 heterocycles. The molecule has 1 saturated carbocycles. The molecule has 1 aliphatic carbocycles. The molecule has 0 saturated heterocycles. The molecule has 146 valence electrons. The van der Waals surface area contributed by atoms with Gasteiger partial charge in [0.2, 0.25) is 11.9 Å².